The van der Waals surface area contributed by atoms with Crippen molar-refractivity contribution in [1.82, 2.24) is 10.2 Å². The van der Waals surface area contributed by atoms with Gasteiger partial charge in [-0.2, -0.15) is 0 Å². The van der Waals surface area contributed by atoms with Crippen molar-refractivity contribution in [2.45, 2.75) is 32.1 Å². The zero-order valence-corrected chi connectivity index (χ0v) is 16.1. The van der Waals surface area contributed by atoms with Crippen LogP contribution in [-0.2, 0) is 9.47 Å². The summed E-state index contributed by atoms with van der Waals surface area (Å²) in [5.74, 6) is 1.79. The molecule has 0 aliphatic heterocycles. The lowest BCUT2D eigenvalue weighted by Crippen LogP contribution is -2.41. The molecule has 1 N–H and O–H groups in total. The SMILES string of the molecule is CN=C(NCCCCCOC)N(C)CCOCC1CC1.I. The number of hydrogen-bond donors (Lipinski definition) is 1. The van der Waals surface area contributed by atoms with Crippen LogP contribution in [0.2, 0.25) is 0 Å². The Kier molecular flexibility index (Phi) is 13.5. The Bertz CT molecular complexity index is 274. The Morgan fingerprint density at radius 2 is 2.00 bits per heavy atom. The number of nitrogens with one attached hydrogen (secondary N) is 1. The first-order valence-corrected chi connectivity index (χ1v) is 7.76. The predicted octanol–water partition coefficient (Wildman–Crippen LogP) is 2.35. The average Bonchev–Trinajstić information content (AvgIpc) is 3.27. The minimum atomic E-state index is 0. The fraction of sp³-hybridized carbons (Fsp3) is 0.933. The van der Waals surface area contributed by atoms with E-state index >= 15 is 0 Å². The molecule has 0 heterocycles. The topological polar surface area (TPSA) is 46.1 Å². The second-order valence-electron chi connectivity index (χ2n) is 5.47. The third kappa shape index (κ3) is 11.2. The minimum absolute atomic E-state index is 0. The van der Waals surface area contributed by atoms with Gasteiger partial charge in [-0.3, -0.25) is 4.99 Å². The molecule has 0 amide bonds. The molecule has 21 heavy (non-hydrogen) atoms. The van der Waals surface area contributed by atoms with Gasteiger partial charge >= 0.3 is 0 Å². The molecular weight excluding hydrogens is 381 g/mol. The molecule has 0 aromatic heterocycles. The molecule has 0 bridgehead atoms. The van der Waals surface area contributed by atoms with Crippen molar-refractivity contribution in [3.8, 4) is 0 Å². The number of halogens is 1. The summed E-state index contributed by atoms with van der Waals surface area (Å²) >= 11 is 0. The highest BCUT2D eigenvalue weighted by atomic mass is 127. The zero-order valence-electron chi connectivity index (χ0n) is 13.8. The number of unbranched alkanes of at least 4 members (excludes halogenated alkanes) is 2. The Hall–Kier alpha value is -0.0800. The molecule has 0 aromatic carbocycles. The van der Waals surface area contributed by atoms with Crippen molar-refractivity contribution < 1.29 is 9.47 Å². The second kappa shape index (κ2) is 13.6. The highest BCUT2D eigenvalue weighted by Gasteiger charge is 2.21. The summed E-state index contributed by atoms with van der Waals surface area (Å²) in [5.41, 5.74) is 0. The first kappa shape index (κ1) is 20.9. The smallest absolute Gasteiger partial charge is 0.193 e. The van der Waals surface area contributed by atoms with E-state index in [2.05, 4.69) is 22.3 Å². The highest BCUT2D eigenvalue weighted by molar-refractivity contribution is 14.0. The summed E-state index contributed by atoms with van der Waals surface area (Å²) in [7, 11) is 5.63. The first-order valence-electron chi connectivity index (χ1n) is 7.76. The molecule has 0 spiro atoms. The van der Waals surface area contributed by atoms with Crippen molar-refractivity contribution in [2.24, 2.45) is 10.9 Å². The fourth-order valence-electron chi connectivity index (χ4n) is 1.97. The lowest BCUT2D eigenvalue weighted by Gasteiger charge is -2.22. The highest BCUT2D eigenvalue weighted by Crippen LogP contribution is 2.28. The molecule has 0 radical (unpaired) electrons. The van der Waals surface area contributed by atoms with E-state index in [4.69, 9.17) is 9.47 Å². The molecule has 1 aliphatic rings. The maximum absolute atomic E-state index is 5.65. The standard InChI is InChI=1S/C15H31N3O2.HI/c1-16-15(17-9-5-4-6-11-19-3)18(2)10-12-20-13-14-7-8-14;/h14H,4-13H2,1-3H3,(H,16,17);1H. The van der Waals surface area contributed by atoms with Crippen LogP contribution >= 0.6 is 24.0 Å². The van der Waals surface area contributed by atoms with Gasteiger partial charge in [-0.25, -0.2) is 0 Å². The maximum Gasteiger partial charge on any atom is 0.193 e. The summed E-state index contributed by atoms with van der Waals surface area (Å²) in [5, 5.41) is 3.39. The van der Waals surface area contributed by atoms with Crippen LogP contribution in [0.4, 0.5) is 0 Å². The molecule has 1 fully saturated rings. The fourth-order valence-corrected chi connectivity index (χ4v) is 1.97. The van der Waals surface area contributed by atoms with Crippen LogP contribution < -0.4 is 5.32 Å². The molecule has 1 aliphatic carbocycles. The number of likely N-dealkylation sites (N-methyl/N-ethyl adjacent to an activating group) is 1. The number of aliphatic imine (C=N–C) groups is 1. The molecule has 0 atom stereocenters. The van der Waals surface area contributed by atoms with E-state index in [0.717, 1.165) is 57.6 Å². The molecule has 1 saturated carbocycles. The largest absolute Gasteiger partial charge is 0.385 e. The maximum atomic E-state index is 5.65. The number of hydrogen-bond acceptors (Lipinski definition) is 3. The quantitative estimate of drug-likeness (QED) is 0.245. The van der Waals surface area contributed by atoms with Crippen molar-refractivity contribution in [2.75, 3.05) is 54.1 Å². The van der Waals surface area contributed by atoms with Crippen LogP contribution in [0.25, 0.3) is 0 Å². The molecule has 6 heteroatoms. The summed E-state index contributed by atoms with van der Waals surface area (Å²) < 4.78 is 10.7. The molecule has 126 valence electrons. The van der Waals surface area contributed by atoms with Crippen LogP contribution in [0.15, 0.2) is 4.99 Å². The predicted molar refractivity (Wildman–Crippen MR) is 98.7 cm³/mol. The molecule has 0 saturated heterocycles. The summed E-state index contributed by atoms with van der Waals surface area (Å²) in [4.78, 5) is 6.43. The molecule has 1 rings (SSSR count). The van der Waals surface area contributed by atoms with Crippen LogP contribution in [0.3, 0.4) is 0 Å². The van der Waals surface area contributed by atoms with E-state index in [1.165, 1.54) is 19.3 Å². The van der Waals surface area contributed by atoms with Gasteiger partial charge < -0.3 is 19.7 Å². The van der Waals surface area contributed by atoms with Gasteiger partial charge in [-0.05, 0) is 38.0 Å². The molecule has 5 nitrogen and oxygen atoms in total. The number of methoxy groups -OCH3 is 1. The number of guanidine groups is 1. The normalized spacial score (nSPS) is 14.7. The van der Waals surface area contributed by atoms with Crippen LogP contribution in [0.1, 0.15) is 32.1 Å². The third-order valence-electron chi connectivity index (χ3n) is 3.50. The minimum Gasteiger partial charge on any atom is -0.385 e. The van der Waals surface area contributed by atoms with Gasteiger partial charge in [0.1, 0.15) is 0 Å². The Labute approximate surface area is 146 Å². The van der Waals surface area contributed by atoms with Gasteiger partial charge in [0.05, 0.1) is 6.61 Å². The van der Waals surface area contributed by atoms with E-state index in [9.17, 15) is 0 Å². The van der Waals surface area contributed by atoms with Gasteiger partial charge in [0, 0.05) is 47.5 Å². The van der Waals surface area contributed by atoms with Crippen molar-refractivity contribution in [3.63, 3.8) is 0 Å². The van der Waals surface area contributed by atoms with E-state index in [0.29, 0.717) is 0 Å². The van der Waals surface area contributed by atoms with Crippen LogP contribution in [0, 0.1) is 5.92 Å². The van der Waals surface area contributed by atoms with E-state index in [1.807, 2.05) is 7.05 Å². The summed E-state index contributed by atoms with van der Waals surface area (Å²) in [6.45, 7) is 4.41. The summed E-state index contributed by atoms with van der Waals surface area (Å²) in [6.07, 6.45) is 6.16. The van der Waals surface area contributed by atoms with Crippen molar-refractivity contribution in [1.29, 1.82) is 0 Å². The van der Waals surface area contributed by atoms with E-state index in [-0.39, 0.29) is 24.0 Å². The number of nitrogens with zero attached hydrogens (tertiary/aromatic N) is 2. The van der Waals surface area contributed by atoms with Gasteiger partial charge in [-0.15, -0.1) is 24.0 Å². The lowest BCUT2D eigenvalue weighted by molar-refractivity contribution is 0.115. The van der Waals surface area contributed by atoms with Crippen molar-refractivity contribution in [3.05, 3.63) is 0 Å². The second-order valence-corrected chi connectivity index (χ2v) is 5.47. The number of rotatable bonds is 11. The van der Waals surface area contributed by atoms with E-state index in [1.54, 1.807) is 7.11 Å². The Balaban J connectivity index is 0.00000400. The van der Waals surface area contributed by atoms with Gasteiger partial charge in [0.15, 0.2) is 5.96 Å². The van der Waals surface area contributed by atoms with Crippen LogP contribution in [0.5, 0.6) is 0 Å². The first-order chi connectivity index (χ1) is 9.77. The summed E-state index contributed by atoms with van der Waals surface area (Å²) in [6, 6.07) is 0. The van der Waals surface area contributed by atoms with Crippen LogP contribution in [-0.4, -0.2) is 65.0 Å². The molecule has 0 aromatic rings. The van der Waals surface area contributed by atoms with Gasteiger partial charge in [0.2, 0.25) is 0 Å². The zero-order chi connectivity index (χ0) is 14.6. The average molecular weight is 413 g/mol. The molecule has 0 unspecified atom stereocenters. The lowest BCUT2D eigenvalue weighted by atomic mass is 10.2. The third-order valence-corrected chi connectivity index (χ3v) is 3.50. The van der Waals surface area contributed by atoms with Gasteiger partial charge in [0.25, 0.3) is 0 Å². The Morgan fingerprint density at radius 1 is 1.24 bits per heavy atom. The number of ether oxygens (including phenoxy) is 2. The van der Waals surface area contributed by atoms with Crippen molar-refractivity contribution >= 4 is 29.9 Å². The Morgan fingerprint density at radius 3 is 2.62 bits per heavy atom. The monoisotopic (exact) mass is 413 g/mol. The molecular formula is C15H32IN3O2. The van der Waals surface area contributed by atoms with Gasteiger partial charge in [-0.1, -0.05) is 0 Å². The van der Waals surface area contributed by atoms with E-state index < -0.39 is 0 Å².